The number of hydrogen-bond donors (Lipinski definition) is 1. The molecule has 0 unspecified atom stereocenters. The van der Waals surface area contributed by atoms with Gasteiger partial charge in [-0.15, -0.1) is 0 Å². The number of nitrogens with zero attached hydrogens (tertiary/aromatic N) is 1. The highest BCUT2D eigenvalue weighted by molar-refractivity contribution is 6.21. The van der Waals surface area contributed by atoms with Crippen molar-refractivity contribution < 1.29 is 23.9 Å². The van der Waals surface area contributed by atoms with Gasteiger partial charge in [-0.2, -0.15) is 0 Å². The Kier molecular flexibility index (Phi) is 5.43. The number of methoxy groups -OCH3 is 1. The lowest BCUT2D eigenvalue weighted by atomic mass is 9.89. The first-order valence-electron chi connectivity index (χ1n) is 10.4. The summed E-state index contributed by atoms with van der Waals surface area (Å²) < 4.78 is 11.4. The van der Waals surface area contributed by atoms with Crippen LogP contribution in [0, 0.1) is 0 Å². The fraction of sp³-hybridized carbons (Fsp3) is 0.375. The number of fused-ring (bicyclic) bond motifs is 2. The fourth-order valence-corrected chi connectivity index (χ4v) is 4.19. The van der Waals surface area contributed by atoms with Gasteiger partial charge in [-0.25, -0.2) is 0 Å². The van der Waals surface area contributed by atoms with Crippen LogP contribution in [0.1, 0.15) is 65.4 Å². The van der Waals surface area contributed by atoms with Gasteiger partial charge < -0.3 is 14.8 Å². The molecule has 0 fully saturated rings. The molecule has 0 aliphatic carbocycles. The molecule has 0 saturated heterocycles. The van der Waals surface area contributed by atoms with Crippen LogP contribution in [0.5, 0.6) is 11.5 Å². The van der Waals surface area contributed by atoms with Crippen molar-refractivity contribution in [3.63, 3.8) is 0 Å². The number of amides is 3. The summed E-state index contributed by atoms with van der Waals surface area (Å²) >= 11 is 0. The predicted octanol–water partition coefficient (Wildman–Crippen LogP) is 3.49. The van der Waals surface area contributed by atoms with Crippen LogP contribution in [0.4, 0.5) is 0 Å². The second kappa shape index (κ2) is 8.06. The molecule has 3 amide bonds. The minimum atomic E-state index is -0.417. The Labute approximate surface area is 181 Å². The average Bonchev–Trinajstić information content (AvgIpc) is 2.98. The zero-order chi connectivity index (χ0) is 22.2. The van der Waals surface area contributed by atoms with Crippen molar-refractivity contribution >= 4 is 17.7 Å². The quantitative estimate of drug-likeness (QED) is 0.721. The SMILES string of the molecule is COc1ccc2c(c1)[C@@H](NC(=O)CCCN1C(=O)c3ccccc3C1=O)CC(C)(C)O2. The van der Waals surface area contributed by atoms with E-state index in [0.717, 1.165) is 11.3 Å². The number of rotatable bonds is 6. The second-order valence-electron chi connectivity index (χ2n) is 8.50. The molecule has 0 bridgehead atoms. The van der Waals surface area contributed by atoms with E-state index in [0.29, 0.717) is 29.7 Å². The van der Waals surface area contributed by atoms with Crippen molar-refractivity contribution in [1.82, 2.24) is 10.2 Å². The molecular formula is C24H26N2O5. The normalized spacial score (nSPS) is 18.8. The molecule has 7 heteroatoms. The molecule has 0 spiro atoms. The van der Waals surface area contributed by atoms with Gasteiger partial charge in [-0.05, 0) is 50.6 Å². The molecule has 1 N–H and O–H groups in total. The van der Waals surface area contributed by atoms with Gasteiger partial charge in [-0.1, -0.05) is 12.1 Å². The van der Waals surface area contributed by atoms with Crippen LogP contribution in [0.2, 0.25) is 0 Å². The lowest BCUT2D eigenvalue weighted by molar-refractivity contribution is -0.122. The maximum absolute atomic E-state index is 12.7. The van der Waals surface area contributed by atoms with Gasteiger partial charge in [0.05, 0.1) is 24.3 Å². The summed E-state index contributed by atoms with van der Waals surface area (Å²) in [5, 5.41) is 3.08. The van der Waals surface area contributed by atoms with Crippen LogP contribution in [-0.2, 0) is 4.79 Å². The number of nitrogens with one attached hydrogen (secondary N) is 1. The molecule has 1 atom stereocenters. The number of imide groups is 1. The van der Waals surface area contributed by atoms with Crippen molar-refractivity contribution in [3.05, 3.63) is 59.2 Å². The summed E-state index contributed by atoms with van der Waals surface area (Å²) in [7, 11) is 1.60. The smallest absolute Gasteiger partial charge is 0.261 e. The zero-order valence-electron chi connectivity index (χ0n) is 17.9. The van der Waals surface area contributed by atoms with Gasteiger partial charge in [0, 0.05) is 24.9 Å². The molecule has 2 heterocycles. The van der Waals surface area contributed by atoms with Crippen LogP contribution in [0.25, 0.3) is 0 Å². The molecule has 7 nitrogen and oxygen atoms in total. The minimum absolute atomic E-state index is 0.131. The molecule has 2 aliphatic heterocycles. The van der Waals surface area contributed by atoms with Crippen molar-refractivity contribution in [2.24, 2.45) is 0 Å². The van der Waals surface area contributed by atoms with E-state index in [1.807, 2.05) is 32.0 Å². The third-order valence-electron chi connectivity index (χ3n) is 5.67. The van der Waals surface area contributed by atoms with Crippen molar-refractivity contribution in [2.75, 3.05) is 13.7 Å². The summed E-state index contributed by atoms with van der Waals surface area (Å²) in [5.74, 6) is 0.704. The van der Waals surface area contributed by atoms with E-state index in [4.69, 9.17) is 9.47 Å². The third kappa shape index (κ3) is 4.13. The molecule has 162 valence electrons. The first kappa shape index (κ1) is 20.9. The Bertz CT molecular complexity index is 1010. The lowest BCUT2D eigenvalue weighted by Gasteiger charge is -2.38. The number of hydrogen-bond acceptors (Lipinski definition) is 5. The summed E-state index contributed by atoms with van der Waals surface area (Å²) in [6, 6.07) is 12.2. The van der Waals surface area contributed by atoms with Crippen molar-refractivity contribution in [1.29, 1.82) is 0 Å². The Hall–Kier alpha value is -3.35. The van der Waals surface area contributed by atoms with E-state index in [9.17, 15) is 14.4 Å². The van der Waals surface area contributed by atoms with Crippen molar-refractivity contribution in [2.45, 2.75) is 44.8 Å². The Morgan fingerprint density at radius 2 is 1.84 bits per heavy atom. The maximum Gasteiger partial charge on any atom is 0.261 e. The molecule has 4 rings (SSSR count). The first-order valence-corrected chi connectivity index (χ1v) is 10.4. The number of benzene rings is 2. The summed E-state index contributed by atoms with van der Waals surface area (Å²) in [6.07, 6.45) is 1.23. The van der Waals surface area contributed by atoms with Gasteiger partial charge in [-0.3, -0.25) is 19.3 Å². The summed E-state index contributed by atoms with van der Waals surface area (Å²) in [4.78, 5) is 38.8. The van der Waals surface area contributed by atoms with Crippen LogP contribution >= 0.6 is 0 Å². The van der Waals surface area contributed by atoms with E-state index in [-0.39, 0.29) is 36.7 Å². The van der Waals surface area contributed by atoms with Gasteiger partial charge in [0.15, 0.2) is 0 Å². The highest BCUT2D eigenvalue weighted by Gasteiger charge is 2.36. The van der Waals surface area contributed by atoms with Crippen LogP contribution < -0.4 is 14.8 Å². The number of carbonyl (C=O) groups is 3. The monoisotopic (exact) mass is 422 g/mol. The van der Waals surface area contributed by atoms with Crippen LogP contribution in [-0.4, -0.2) is 41.9 Å². The Balaban J connectivity index is 1.38. The predicted molar refractivity (Wildman–Crippen MR) is 114 cm³/mol. The molecule has 2 aromatic rings. The molecule has 0 saturated carbocycles. The lowest BCUT2D eigenvalue weighted by Crippen LogP contribution is -2.41. The van der Waals surface area contributed by atoms with Crippen LogP contribution in [0.15, 0.2) is 42.5 Å². The number of ether oxygens (including phenoxy) is 2. The maximum atomic E-state index is 12.7. The second-order valence-corrected chi connectivity index (χ2v) is 8.50. The zero-order valence-corrected chi connectivity index (χ0v) is 17.9. The molecule has 0 aromatic heterocycles. The number of carbonyl (C=O) groups excluding carboxylic acids is 3. The van der Waals surface area contributed by atoms with Gasteiger partial charge in [0.25, 0.3) is 11.8 Å². The van der Waals surface area contributed by atoms with E-state index in [1.54, 1.807) is 31.4 Å². The molecule has 2 aliphatic rings. The summed E-state index contributed by atoms with van der Waals surface area (Å²) in [6.45, 7) is 4.19. The highest BCUT2D eigenvalue weighted by Crippen LogP contribution is 2.41. The van der Waals surface area contributed by atoms with E-state index in [1.165, 1.54) is 4.90 Å². The minimum Gasteiger partial charge on any atom is -0.497 e. The molecule has 0 radical (unpaired) electrons. The van der Waals surface area contributed by atoms with Gasteiger partial charge in [0.1, 0.15) is 17.1 Å². The van der Waals surface area contributed by atoms with Gasteiger partial charge >= 0.3 is 0 Å². The Morgan fingerprint density at radius 1 is 1.16 bits per heavy atom. The van der Waals surface area contributed by atoms with Crippen LogP contribution in [0.3, 0.4) is 0 Å². The van der Waals surface area contributed by atoms with E-state index < -0.39 is 5.60 Å². The summed E-state index contributed by atoms with van der Waals surface area (Å²) in [5.41, 5.74) is 1.31. The topological polar surface area (TPSA) is 84.9 Å². The van der Waals surface area contributed by atoms with Crippen molar-refractivity contribution in [3.8, 4) is 11.5 Å². The Morgan fingerprint density at radius 3 is 2.48 bits per heavy atom. The van der Waals surface area contributed by atoms with E-state index in [2.05, 4.69) is 5.32 Å². The largest absolute Gasteiger partial charge is 0.497 e. The molecule has 31 heavy (non-hydrogen) atoms. The first-order chi connectivity index (χ1) is 14.8. The van der Waals surface area contributed by atoms with E-state index >= 15 is 0 Å². The standard InChI is InChI=1S/C24H26N2O5/c1-24(2)14-19(18-13-15(30-3)10-11-20(18)31-24)25-21(27)9-6-12-26-22(28)16-7-4-5-8-17(16)23(26)29/h4-5,7-8,10-11,13,19H,6,9,12,14H2,1-3H3,(H,25,27)/t19-/m0/s1. The van der Waals surface area contributed by atoms with Gasteiger partial charge in [0.2, 0.25) is 5.91 Å². The highest BCUT2D eigenvalue weighted by atomic mass is 16.5. The fourth-order valence-electron chi connectivity index (χ4n) is 4.19. The average molecular weight is 422 g/mol. The molecule has 2 aromatic carbocycles. The molecular weight excluding hydrogens is 396 g/mol. The third-order valence-corrected chi connectivity index (χ3v) is 5.67.